The van der Waals surface area contributed by atoms with Crippen molar-refractivity contribution in [1.82, 2.24) is 25.4 Å². The highest BCUT2D eigenvalue weighted by molar-refractivity contribution is 8.00. The minimum absolute atomic E-state index is 0.00379. The quantitative estimate of drug-likeness (QED) is 0.0863. The van der Waals surface area contributed by atoms with E-state index in [4.69, 9.17) is 16.3 Å². The van der Waals surface area contributed by atoms with Crippen molar-refractivity contribution in [1.29, 1.82) is 0 Å². The maximum atomic E-state index is 13.2. The number of H-pyrrole nitrogens is 1. The lowest BCUT2D eigenvalue weighted by molar-refractivity contribution is -0.689. The fourth-order valence-electron chi connectivity index (χ4n) is 4.09. The van der Waals surface area contributed by atoms with Gasteiger partial charge in [-0.05, 0) is 6.07 Å². The number of thioether (sulfide) groups is 1. The van der Waals surface area contributed by atoms with Gasteiger partial charge in [0.25, 0.3) is 11.8 Å². The predicted octanol–water partition coefficient (Wildman–Crippen LogP) is -0.805. The minimum Gasteiger partial charge on any atom is -0.477 e. The molecule has 0 saturated carbocycles. The van der Waals surface area contributed by atoms with Crippen LogP contribution in [0.2, 0.25) is 0 Å². The topological polar surface area (TPSA) is 223 Å². The zero-order valence-electron chi connectivity index (χ0n) is 20.5. The fourth-order valence-corrected chi connectivity index (χ4v) is 5.98. The summed E-state index contributed by atoms with van der Waals surface area (Å²) in [6, 6.07) is 3.73. The Hall–Kier alpha value is -4.77. The first-order valence-electron chi connectivity index (χ1n) is 11.6. The molecule has 0 aliphatic carbocycles. The van der Waals surface area contributed by atoms with E-state index >= 15 is 0 Å². The Labute approximate surface area is 233 Å². The van der Waals surface area contributed by atoms with Crippen LogP contribution in [0.15, 0.2) is 58.6 Å². The number of hydrogen-bond donors (Lipinski definition) is 5. The number of aromatic amines is 1. The molecule has 5 heterocycles. The summed E-state index contributed by atoms with van der Waals surface area (Å²) in [4.78, 5) is 60.4. The summed E-state index contributed by atoms with van der Waals surface area (Å²) in [5.41, 5.74) is 12.3. The molecule has 0 spiro atoms. The van der Waals surface area contributed by atoms with E-state index in [9.17, 15) is 24.3 Å². The van der Waals surface area contributed by atoms with Crippen LogP contribution in [0.4, 0.5) is 5.13 Å². The fraction of sp³-hybridized carbons (Fsp3) is 0.217. The molecule has 3 aromatic heterocycles. The van der Waals surface area contributed by atoms with Gasteiger partial charge in [-0.3, -0.25) is 24.4 Å². The number of nitrogens with zero attached hydrogens (tertiary/aromatic N) is 5. The van der Waals surface area contributed by atoms with E-state index < -0.39 is 35.1 Å². The van der Waals surface area contributed by atoms with E-state index in [1.807, 2.05) is 0 Å². The molecule has 2 aliphatic heterocycles. The first-order valence-corrected chi connectivity index (χ1v) is 13.5. The molecule has 0 bridgehead atoms. The molecule has 1 fully saturated rings. The van der Waals surface area contributed by atoms with Crippen LogP contribution in [0.5, 0.6) is 0 Å². The highest BCUT2D eigenvalue weighted by Gasteiger charge is 2.54. The average Bonchev–Trinajstić information content (AvgIpc) is 3.61. The Balaban J connectivity index is 1.32. The van der Waals surface area contributed by atoms with Crippen molar-refractivity contribution >= 4 is 57.6 Å². The summed E-state index contributed by atoms with van der Waals surface area (Å²) in [5.74, 6) is -2.86. The molecule has 17 heteroatoms. The number of fused-ring (bicyclic) bond motifs is 1. The van der Waals surface area contributed by atoms with Gasteiger partial charge in [-0.1, -0.05) is 5.16 Å². The minimum atomic E-state index is -1.26. The van der Waals surface area contributed by atoms with E-state index in [0.29, 0.717) is 22.6 Å². The Kier molecular flexibility index (Phi) is 7.47. The summed E-state index contributed by atoms with van der Waals surface area (Å²) < 4.78 is 1.68. The molecule has 5 rings (SSSR count). The summed E-state index contributed by atoms with van der Waals surface area (Å²) in [6.45, 7) is 0.181. The number of aromatic nitrogens is 4. The lowest BCUT2D eigenvalue weighted by Crippen LogP contribution is -2.71. The van der Waals surface area contributed by atoms with E-state index in [1.54, 1.807) is 23.0 Å². The number of amides is 3. The van der Waals surface area contributed by atoms with Crippen molar-refractivity contribution in [2.24, 2.45) is 10.9 Å². The van der Waals surface area contributed by atoms with Crippen LogP contribution in [0, 0.1) is 0 Å². The van der Waals surface area contributed by atoms with Gasteiger partial charge < -0.3 is 26.7 Å². The molecule has 0 aromatic carbocycles. The van der Waals surface area contributed by atoms with Crippen molar-refractivity contribution in [2.45, 2.75) is 24.6 Å². The van der Waals surface area contributed by atoms with Crippen molar-refractivity contribution in [3.8, 4) is 0 Å². The van der Waals surface area contributed by atoms with Gasteiger partial charge in [0, 0.05) is 35.0 Å². The van der Waals surface area contributed by atoms with Crippen molar-refractivity contribution in [2.75, 3.05) is 11.5 Å². The molecule has 3 amide bonds. The Morgan fingerprint density at radius 2 is 2.08 bits per heavy atom. The van der Waals surface area contributed by atoms with Gasteiger partial charge in [0.2, 0.25) is 5.91 Å². The van der Waals surface area contributed by atoms with Gasteiger partial charge >= 0.3 is 5.97 Å². The first-order chi connectivity index (χ1) is 19.2. The van der Waals surface area contributed by atoms with E-state index in [1.165, 1.54) is 40.4 Å². The van der Waals surface area contributed by atoms with Crippen LogP contribution < -0.4 is 21.4 Å². The maximum absolute atomic E-state index is 13.2. The van der Waals surface area contributed by atoms with E-state index in [0.717, 1.165) is 11.3 Å². The van der Waals surface area contributed by atoms with E-state index in [-0.39, 0.29) is 35.4 Å². The number of β-lactam (4-membered cyclic amide) rings is 1. The third-order valence-electron chi connectivity index (χ3n) is 6.00. The van der Waals surface area contributed by atoms with Crippen LogP contribution in [0.3, 0.4) is 0 Å². The van der Waals surface area contributed by atoms with Gasteiger partial charge in [-0.25, -0.2) is 14.3 Å². The second kappa shape index (κ2) is 11.1. The first kappa shape index (κ1) is 26.8. The number of pyridine rings is 1. The summed E-state index contributed by atoms with van der Waals surface area (Å²) in [6.07, 6.45) is 4.74. The van der Waals surface area contributed by atoms with Gasteiger partial charge in [0.05, 0.1) is 11.3 Å². The Bertz CT molecular complexity index is 1530. The van der Waals surface area contributed by atoms with Gasteiger partial charge in [0.15, 0.2) is 36.4 Å². The Morgan fingerprint density at radius 1 is 1.30 bits per heavy atom. The second-order valence-electron chi connectivity index (χ2n) is 8.61. The third-order valence-corrected chi connectivity index (χ3v) is 8.01. The van der Waals surface area contributed by atoms with Crippen LogP contribution in [-0.4, -0.2) is 71.8 Å². The highest BCUT2D eigenvalue weighted by atomic mass is 32.2. The van der Waals surface area contributed by atoms with Crippen LogP contribution in [0.1, 0.15) is 21.7 Å². The molecular formula is C23H22N9O6S2+. The third kappa shape index (κ3) is 5.36. The summed E-state index contributed by atoms with van der Waals surface area (Å²) >= 11 is 2.42. The number of primary amides is 1. The maximum Gasteiger partial charge on any atom is 0.352 e. The largest absolute Gasteiger partial charge is 0.477 e. The number of carboxylic acid groups (broad SMARTS) is 1. The van der Waals surface area contributed by atoms with Gasteiger partial charge in [-0.2, -0.15) is 5.10 Å². The molecule has 7 N–H and O–H groups in total. The highest BCUT2D eigenvalue weighted by Crippen LogP contribution is 2.40. The number of thiazole rings is 1. The smallest absolute Gasteiger partial charge is 0.352 e. The second-order valence-corrected chi connectivity index (χ2v) is 10.6. The molecule has 3 aromatic rings. The number of nitrogens with one attached hydrogen (secondary N) is 2. The van der Waals surface area contributed by atoms with Crippen molar-refractivity contribution < 1.29 is 33.7 Å². The van der Waals surface area contributed by atoms with Gasteiger partial charge in [0.1, 0.15) is 22.8 Å². The monoisotopic (exact) mass is 584 g/mol. The molecule has 15 nitrogen and oxygen atoms in total. The number of nitrogen functional groups attached to an aromatic ring is 1. The zero-order chi connectivity index (χ0) is 28.4. The standard InChI is InChI=1S/C23H21N9O6S2/c24-18(33)11-2-5-31(6-3-11)7-12-9-39-21-16(20(35)32(21)17(12)22(36)37)28-19(34)15(14-10-40-23(25)27-14)30-38-8-13-1-4-26-29-13/h1-6,10,16,21H,7-9H2,(H6-,24,25,26,27,28,29,33,34,36,37)/p+1/t16-,21+/m1/s1. The van der Waals surface area contributed by atoms with Crippen molar-refractivity contribution in [3.63, 3.8) is 0 Å². The zero-order valence-corrected chi connectivity index (χ0v) is 22.1. The molecule has 2 atom stereocenters. The number of carbonyl (C=O) groups is 4. The molecule has 206 valence electrons. The average molecular weight is 585 g/mol. The molecule has 0 radical (unpaired) electrons. The number of rotatable bonds is 10. The van der Waals surface area contributed by atoms with E-state index in [2.05, 4.69) is 25.7 Å². The lowest BCUT2D eigenvalue weighted by atomic mass is 10.0. The molecule has 2 aliphatic rings. The predicted molar refractivity (Wildman–Crippen MR) is 141 cm³/mol. The number of nitrogens with two attached hydrogens (primary N) is 2. The number of aliphatic carboxylic acids is 1. The lowest BCUT2D eigenvalue weighted by Gasteiger charge is -2.49. The van der Waals surface area contributed by atoms with Crippen LogP contribution in [0.25, 0.3) is 0 Å². The van der Waals surface area contributed by atoms with Crippen LogP contribution in [-0.2, 0) is 32.4 Å². The molecule has 1 saturated heterocycles. The molecule has 0 unspecified atom stereocenters. The number of carboxylic acids is 1. The summed E-state index contributed by atoms with van der Waals surface area (Å²) in [5, 5.41) is 24.1. The van der Waals surface area contributed by atoms with Crippen LogP contribution >= 0.6 is 23.1 Å². The molecule has 40 heavy (non-hydrogen) atoms. The SMILES string of the molecule is NC(=O)c1cc[n+](CC2=C(C(=O)O)N3C(=O)[C@@H](NC(=O)C(=NOCc4ccn[nH]4)c4csc(N)n4)[C@@H]3SC2)cc1. The number of anilines is 1. The number of hydrogen-bond acceptors (Lipinski definition) is 11. The molecular weight excluding hydrogens is 562 g/mol. The van der Waals surface area contributed by atoms with Crippen molar-refractivity contribution in [3.05, 3.63) is 70.4 Å². The van der Waals surface area contributed by atoms with Gasteiger partial charge in [-0.15, -0.1) is 23.1 Å². The Morgan fingerprint density at radius 3 is 2.70 bits per heavy atom. The summed E-state index contributed by atoms with van der Waals surface area (Å²) in [7, 11) is 0. The normalized spacial score (nSPS) is 18.6. The number of carbonyl (C=O) groups excluding carboxylic acids is 3. The number of oxime groups is 1.